The van der Waals surface area contributed by atoms with Gasteiger partial charge < -0.3 is 4.98 Å². The predicted molar refractivity (Wildman–Crippen MR) is 92.7 cm³/mol. The Morgan fingerprint density at radius 1 is 1.18 bits per heavy atom. The van der Waals surface area contributed by atoms with Gasteiger partial charge in [-0.25, -0.2) is 5.10 Å². The number of rotatable bonds is 4. The van der Waals surface area contributed by atoms with Gasteiger partial charge in [0.15, 0.2) is 5.82 Å². The number of benzene rings is 1. The molecule has 0 aliphatic heterocycles. The molecule has 1 aromatic carbocycles. The van der Waals surface area contributed by atoms with Crippen molar-refractivity contribution in [3.05, 3.63) is 70.4 Å². The smallest absolute Gasteiger partial charge is 0.352 e. The van der Waals surface area contributed by atoms with E-state index in [0.717, 1.165) is 17.7 Å². The number of ketones is 1. The Morgan fingerprint density at radius 2 is 2.00 bits per heavy atom. The topological polar surface area (TPSA) is 100 Å². The summed E-state index contributed by atoms with van der Waals surface area (Å²) in [7, 11) is 0. The standard InChI is InChI=1S/C18H13F3N6O/c1-9-4-5-22-14(6-9)17(28)16-12(8-15-24-26-27-25-15)11-3-2-10(18(19,20)21)7-13(11)23-16/h2-7,23H,8H2,1H3,(H,24,25,26,27). The van der Waals surface area contributed by atoms with E-state index in [-0.39, 0.29) is 23.3 Å². The normalized spacial score (nSPS) is 11.9. The number of carbonyl (C=O) groups is 1. The minimum absolute atomic E-state index is 0.144. The number of nitrogens with one attached hydrogen (secondary N) is 2. The number of hydrogen-bond acceptors (Lipinski definition) is 5. The van der Waals surface area contributed by atoms with E-state index >= 15 is 0 Å². The fraction of sp³-hybridized carbons (Fsp3) is 0.167. The first kappa shape index (κ1) is 17.8. The Kier molecular flexibility index (Phi) is 4.17. The monoisotopic (exact) mass is 386 g/mol. The quantitative estimate of drug-likeness (QED) is 0.525. The van der Waals surface area contributed by atoms with E-state index in [0.29, 0.717) is 16.8 Å². The number of aromatic amines is 2. The van der Waals surface area contributed by atoms with Gasteiger partial charge in [-0.3, -0.25) is 9.78 Å². The highest BCUT2D eigenvalue weighted by Gasteiger charge is 2.31. The molecule has 0 unspecified atom stereocenters. The molecular weight excluding hydrogens is 373 g/mol. The summed E-state index contributed by atoms with van der Waals surface area (Å²) in [6.07, 6.45) is -2.84. The lowest BCUT2D eigenvalue weighted by molar-refractivity contribution is -0.137. The van der Waals surface area contributed by atoms with Crippen LogP contribution in [-0.4, -0.2) is 36.4 Å². The van der Waals surface area contributed by atoms with Crippen LogP contribution in [0.15, 0.2) is 36.5 Å². The molecule has 0 aliphatic rings. The number of alkyl halides is 3. The minimum Gasteiger partial charge on any atom is -0.352 e. The zero-order chi connectivity index (χ0) is 19.9. The maximum atomic E-state index is 13.1. The minimum atomic E-state index is -4.49. The van der Waals surface area contributed by atoms with E-state index < -0.39 is 17.5 Å². The summed E-state index contributed by atoms with van der Waals surface area (Å²) >= 11 is 0. The SMILES string of the molecule is Cc1ccnc(C(=O)c2[nH]c3cc(C(F)(F)F)ccc3c2Cc2nnn[nH]2)c1. The maximum Gasteiger partial charge on any atom is 0.416 e. The molecule has 0 saturated heterocycles. The van der Waals surface area contributed by atoms with Crippen molar-refractivity contribution in [1.29, 1.82) is 0 Å². The van der Waals surface area contributed by atoms with E-state index in [2.05, 4.69) is 30.6 Å². The number of tetrazole rings is 1. The third-order valence-electron chi connectivity index (χ3n) is 4.34. The summed E-state index contributed by atoms with van der Waals surface area (Å²) in [5.74, 6) is -0.0389. The number of halogens is 3. The molecule has 0 fully saturated rings. The summed E-state index contributed by atoms with van der Waals surface area (Å²) in [6.45, 7) is 1.82. The van der Waals surface area contributed by atoms with E-state index in [1.54, 1.807) is 12.1 Å². The van der Waals surface area contributed by atoms with Crippen LogP contribution >= 0.6 is 0 Å². The molecule has 3 heterocycles. The highest BCUT2D eigenvalue weighted by atomic mass is 19.4. The maximum absolute atomic E-state index is 13.1. The molecule has 0 spiro atoms. The van der Waals surface area contributed by atoms with Crippen molar-refractivity contribution in [2.75, 3.05) is 0 Å². The van der Waals surface area contributed by atoms with Crippen LogP contribution in [0.5, 0.6) is 0 Å². The van der Waals surface area contributed by atoms with Gasteiger partial charge in [0.2, 0.25) is 5.78 Å². The fourth-order valence-electron chi connectivity index (χ4n) is 3.02. The molecule has 4 rings (SSSR count). The van der Waals surface area contributed by atoms with Crippen LogP contribution in [0.4, 0.5) is 13.2 Å². The number of nitrogens with zero attached hydrogens (tertiary/aromatic N) is 4. The molecule has 4 aromatic rings. The number of hydrogen-bond donors (Lipinski definition) is 2. The predicted octanol–water partition coefficient (Wildman–Crippen LogP) is 3.23. The lowest BCUT2D eigenvalue weighted by atomic mass is 10.0. The first-order chi connectivity index (χ1) is 13.3. The Morgan fingerprint density at radius 3 is 2.68 bits per heavy atom. The average molecular weight is 386 g/mol. The van der Waals surface area contributed by atoms with Gasteiger partial charge in [-0.2, -0.15) is 13.2 Å². The molecule has 28 heavy (non-hydrogen) atoms. The Hall–Kier alpha value is -3.56. The van der Waals surface area contributed by atoms with Crippen molar-refractivity contribution in [2.45, 2.75) is 19.5 Å². The van der Waals surface area contributed by atoms with Crippen LogP contribution in [0, 0.1) is 6.92 Å². The van der Waals surface area contributed by atoms with E-state index in [1.807, 2.05) is 6.92 Å². The number of H-pyrrole nitrogens is 2. The van der Waals surface area contributed by atoms with Gasteiger partial charge in [-0.05, 0) is 52.7 Å². The summed E-state index contributed by atoms with van der Waals surface area (Å²) in [5.41, 5.74) is 1.09. The molecule has 2 N–H and O–H groups in total. The van der Waals surface area contributed by atoms with Crippen LogP contribution in [0.25, 0.3) is 10.9 Å². The fourth-order valence-corrected chi connectivity index (χ4v) is 3.02. The van der Waals surface area contributed by atoms with Crippen LogP contribution in [0.2, 0.25) is 0 Å². The molecule has 7 nitrogen and oxygen atoms in total. The Labute approximate surface area is 156 Å². The van der Waals surface area contributed by atoms with E-state index in [4.69, 9.17) is 0 Å². The summed E-state index contributed by atoms with van der Waals surface area (Å²) in [4.78, 5) is 19.9. The van der Waals surface area contributed by atoms with E-state index in [9.17, 15) is 18.0 Å². The van der Waals surface area contributed by atoms with Gasteiger partial charge in [0.1, 0.15) is 5.69 Å². The lowest BCUT2D eigenvalue weighted by Gasteiger charge is -2.06. The van der Waals surface area contributed by atoms with Crippen LogP contribution in [-0.2, 0) is 12.6 Å². The zero-order valence-corrected chi connectivity index (χ0v) is 14.5. The summed E-state index contributed by atoms with van der Waals surface area (Å²) in [6, 6.07) is 6.68. The first-order valence-corrected chi connectivity index (χ1v) is 8.24. The van der Waals surface area contributed by atoms with Crippen molar-refractivity contribution in [1.82, 2.24) is 30.6 Å². The molecule has 10 heteroatoms. The largest absolute Gasteiger partial charge is 0.416 e. The number of pyridine rings is 1. The van der Waals surface area contributed by atoms with Crippen molar-refractivity contribution in [3.8, 4) is 0 Å². The van der Waals surface area contributed by atoms with Crippen molar-refractivity contribution in [2.24, 2.45) is 0 Å². The van der Waals surface area contributed by atoms with Crippen molar-refractivity contribution < 1.29 is 18.0 Å². The third-order valence-corrected chi connectivity index (χ3v) is 4.34. The Balaban J connectivity index is 1.88. The molecule has 0 atom stereocenters. The third kappa shape index (κ3) is 3.24. The van der Waals surface area contributed by atoms with Crippen LogP contribution in [0.1, 0.15) is 38.7 Å². The molecule has 0 bridgehead atoms. The number of fused-ring (bicyclic) bond motifs is 1. The van der Waals surface area contributed by atoms with Crippen molar-refractivity contribution in [3.63, 3.8) is 0 Å². The second-order valence-corrected chi connectivity index (χ2v) is 6.31. The molecule has 0 saturated carbocycles. The number of aryl methyl sites for hydroxylation is 1. The summed E-state index contributed by atoms with van der Waals surface area (Å²) < 4.78 is 39.2. The summed E-state index contributed by atoms with van der Waals surface area (Å²) in [5, 5.41) is 13.9. The highest BCUT2D eigenvalue weighted by molar-refractivity contribution is 6.11. The number of aromatic nitrogens is 6. The average Bonchev–Trinajstić information content (AvgIpc) is 3.28. The zero-order valence-electron chi connectivity index (χ0n) is 14.5. The van der Waals surface area contributed by atoms with Gasteiger partial charge >= 0.3 is 6.18 Å². The van der Waals surface area contributed by atoms with Gasteiger partial charge in [-0.15, -0.1) is 5.10 Å². The second kappa shape index (κ2) is 6.55. The van der Waals surface area contributed by atoms with Crippen LogP contribution in [0.3, 0.4) is 0 Å². The van der Waals surface area contributed by atoms with Crippen LogP contribution < -0.4 is 0 Å². The number of carbonyl (C=O) groups excluding carboxylic acids is 1. The molecule has 0 amide bonds. The molecule has 0 aliphatic carbocycles. The molecular formula is C18H13F3N6O. The van der Waals surface area contributed by atoms with Gasteiger partial charge in [0.25, 0.3) is 0 Å². The molecule has 142 valence electrons. The van der Waals surface area contributed by atoms with Gasteiger partial charge in [-0.1, -0.05) is 6.07 Å². The first-order valence-electron chi connectivity index (χ1n) is 8.24. The van der Waals surface area contributed by atoms with Gasteiger partial charge in [0.05, 0.1) is 11.3 Å². The Bertz CT molecular complexity index is 1160. The second-order valence-electron chi connectivity index (χ2n) is 6.31. The highest BCUT2D eigenvalue weighted by Crippen LogP contribution is 2.33. The van der Waals surface area contributed by atoms with Gasteiger partial charge in [0, 0.05) is 23.5 Å². The lowest BCUT2D eigenvalue weighted by Crippen LogP contribution is -2.08. The molecule has 0 radical (unpaired) electrons. The van der Waals surface area contributed by atoms with E-state index in [1.165, 1.54) is 12.3 Å². The van der Waals surface area contributed by atoms with Crippen molar-refractivity contribution >= 4 is 16.7 Å². The molecule has 3 aromatic heterocycles.